The highest BCUT2D eigenvalue weighted by Crippen LogP contribution is 2.43. The van der Waals surface area contributed by atoms with E-state index >= 15 is 0 Å². The molecule has 1 amide bonds. The molecule has 78 heavy (non-hydrogen) atoms. The van der Waals surface area contributed by atoms with Crippen molar-refractivity contribution in [1.82, 2.24) is 5.32 Å². The molecular weight excluding hydrogens is 988 g/mol. The van der Waals surface area contributed by atoms with Gasteiger partial charge >= 0.3 is 13.8 Å². The number of nitrogens with one attached hydrogen (secondary N) is 1. The normalized spacial score (nSPS) is 14.0. The van der Waals surface area contributed by atoms with E-state index in [9.17, 15) is 19.0 Å². The zero-order chi connectivity index (χ0) is 57.2. The molecule has 0 saturated carbocycles. The van der Waals surface area contributed by atoms with Crippen LogP contribution < -0.4 is 5.32 Å². The second-order valence-electron chi connectivity index (χ2n) is 23.7. The summed E-state index contributed by atoms with van der Waals surface area (Å²) in [5.74, 6) is -0.510. The van der Waals surface area contributed by atoms with E-state index < -0.39 is 20.0 Å². The van der Waals surface area contributed by atoms with E-state index in [4.69, 9.17) is 13.8 Å². The third kappa shape index (κ3) is 58.4. The Morgan fingerprint density at radius 2 is 0.833 bits per heavy atom. The number of allylic oxidation sites excluding steroid dienone is 9. The molecule has 0 aromatic carbocycles. The predicted molar refractivity (Wildman–Crippen MR) is 337 cm³/mol. The average Bonchev–Trinajstić information content (AvgIpc) is 3.40. The molecule has 2 N–H and O–H groups in total. The van der Waals surface area contributed by atoms with E-state index in [0.29, 0.717) is 17.4 Å². The number of rotatable bonds is 60. The number of quaternary nitrogens is 1. The van der Waals surface area contributed by atoms with Gasteiger partial charge in [-0.2, -0.15) is 0 Å². The molecule has 0 aliphatic heterocycles. The van der Waals surface area contributed by atoms with Gasteiger partial charge in [-0.15, -0.1) is 0 Å². The van der Waals surface area contributed by atoms with E-state index in [-0.39, 0.29) is 31.5 Å². The number of carbonyl (C=O) groups is 2. The molecular formula is C68H128N2O7P+. The first-order valence-electron chi connectivity index (χ1n) is 33.1. The summed E-state index contributed by atoms with van der Waals surface area (Å²) in [6.45, 7) is 6.90. The van der Waals surface area contributed by atoms with Crippen molar-refractivity contribution in [2.45, 2.75) is 322 Å². The number of hydrogen-bond donors (Lipinski definition) is 2. The van der Waals surface area contributed by atoms with Crippen LogP contribution in [0.15, 0.2) is 60.8 Å². The monoisotopic (exact) mass is 1120 g/mol. The largest absolute Gasteiger partial charge is 0.472 e. The fraction of sp³-hybridized carbons (Fsp3) is 0.824. The van der Waals surface area contributed by atoms with Gasteiger partial charge in [0.05, 0.1) is 33.8 Å². The fourth-order valence-corrected chi connectivity index (χ4v) is 10.4. The third-order valence-electron chi connectivity index (χ3n) is 14.8. The molecule has 0 spiro atoms. The summed E-state index contributed by atoms with van der Waals surface area (Å²) in [5.41, 5.74) is 0. The van der Waals surface area contributed by atoms with Crippen LogP contribution in [0.1, 0.15) is 310 Å². The number of phosphoric acid groups is 1. The standard InChI is InChI=1S/C68H127N2O7P/c1-7-10-13-16-19-22-25-28-30-31-32-33-34-35-36-37-38-39-41-42-45-48-51-54-57-60-67(71)69-65(64-76-78(73,74)75-63-62-70(4,5)6)66(59-56-53-50-47-44-27-24-21-18-15-12-9-3)77-68(72)61-58-55-52-49-46-43-40-29-26-23-20-17-14-11-8-2/h11,14,17,20,23,26,28,30,56,59,65-66H,7-10,12-13,15-16,18-19,21-22,24-25,27,29,31-55,57-58,60-64H2,1-6H3,(H-,69,71,73,74)/p+1/b14-11+,20-17+,26-23+,30-28+,59-56-. The molecule has 0 rings (SSSR count). The lowest BCUT2D eigenvalue weighted by Gasteiger charge is -2.27. The summed E-state index contributed by atoms with van der Waals surface area (Å²) >= 11 is 0. The smallest absolute Gasteiger partial charge is 0.456 e. The number of unbranched alkanes of at least 4 members (excludes halogenated alkanes) is 38. The Labute approximate surface area is 483 Å². The maximum Gasteiger partial charge on any atom is 0.472 e. The molecule has 3 atom stereocenters. The van der Waals surface area contributed by atoms with E-state index in [2.05, 4.69) is 74.7 Å². The lowest BCUT2D eigenvalue weighted by atomic mass is 10.0. The maximum atomic E-state index is 13.6. The Bertz CT molecular complexity index is 1520. The highest BCUT2D eigenvalue weighted by atomic mass is 31.2. The van der Waals surface area contributed by atoms with Crippen molar-refractivity contribution >= 4 is 19.7 Å². The first-order valence-corrected chi connectivity index (χ1v) is 34.6. The number of ether oxygens (including phenoxy) is 1. The van der Waals surface area contributed by atoms with Crippen molar-refractivity contribution < 1.29 is 37.3 Å². The number of esters is 1. The third-order valence-corrected chi connectivity index (χ3v) is 15.7. The Kier molecular flexibility index (Phi) is 56.2. The number of amides is 1. The van der Waals surface area contributed by atoms with Crippen molar-refractivity contribution in [3.63, 3.8) is 0 Å². The van der Waals surface area contributed by atoms with Gasteiger partial charge in [-0.05, 0) is 76.7 Å². The zero-order valence-electron chi connectivity index (χ0n) is 52.2. The lowest BCUT2D eigenvalue weighted by Crippen LogP contribution is -2.47. The first kappa shape index (κ1) is 75.7. The molecule has 0 heterocycles. The average molecular weight is 1120 g/mol. The molecule has 0 bridgehead atoms. The molecule has 0 aromatic rings. The van der Waals surface area contributed by atoms with Crippen molar-refractivity contribution in [2.75, 3.05) is 40.9 Å². The van der Waals surface area contributed by atoms with Gasteiger partial charge in [0.2, 0.25) is 5.91 Å². The van der Waals surface area contributed by atoms with Crippen molar-refractivity contribution in [1.29, 1.82) is 0 Å². The summed E-state index contributed by atoms with van der Waals surface area (Å²) in [7, 11) is 1.49. The van der Waals surface area contributed by atoms with Crippen LogP contribution in [0.4, 0.5) is 0 Å². The topological polar surface area (TPSA) is 111 Å². The molecule has 10 heteroatoms. The molecule has 0 fully saturated rings. The van der Waals surface area contributed by atoms with Crippen LogP contribution in [0.3, 0.4) is 0 Å². The van der Waals surface area contributed by atoms with Crippen LogP contribution in [-0.4, -0.2) is 74.3 Å². The lowest BCUT2D eigenvalue weighted by molar-refractivity contribution is -0.870. The van der Waals surface area contributed by atoms with Crippen LogP contribution in [-0.2, 0) is 27.9 Å². The first-order chi connectivity index (χ1) is 37.9. The quantitative estimate of drug-likeness (QED) is 0.0156. The number of likely N-dealkylation sites (N-methyl/N-ethyl adjacent to an activating group) is 1. The van der Waals surface area contributed by atoms with Crippen LogP contribution in [0, 0.1) is 0 Å². The van der Waals surface area contributed by atoms with Gasteiger partial charge in [0.1, 0.15) is 19.3 Å². The molecule has 456 valence electrons. The van der Waals surface area contributed by atoms with Crippen molar-refractivity contribution in [3.05, 3.63) is 60.8 Å². The minimum atomic E-state index is -4.45. The van der Waals surface area contributed by atoms with E-state index in [0.717, 1.165) is 77.0 Å². The highest BCUT2D eigenvalue weighted by molar-refractivity contribution is 7.47. The second-order valence-corrected chi connectivity index (χ2v) is 25.1. The molecule has 0 radical (unpaired) electrons. The van der Waals surface area contributed by atoms with Crippen LogP contribution in [0.25, 0.3) is 0 Å². The van der Waals surface area contributed by atoms with Gasteiger partial charge in [-0.1, -0.05) is 281 Å². The van der Waals surface area contributed by atoms with Crippen molar-refractivity contribution in [2.24, 2.45) is 0 Å². The summed E-state index contributed by atoms with van der Waals surface area (Å²) in [6, 6.07) is -0.853. The molecule has 0 saturated heterocycles. The number of hydrogen-bond acceptors (Lipinski definition) is 6. The molecule has 3 unspecified atom stereocenters. The van der Waals surface area contributed by atoms with Crippen LogP contribution >= 0.6 is 7.82 Å². The summed E-state index contributed by atoms with van der Waals surface area (Å²) in [6.07, 6.45) is 73.7. The minimum absolute atomic E-state index is 0.0379. The zero-order valence-corrected chi connectivity index (χ0v) is 53.1. The van der Waals surface area contributed by atoms with Crippen molar-refractivity contribution in [3.8, 4) is 0 Å². The van der Waals surface area contributed by atoms with E-state index in [1.54, 1.807) is 0 Å². The molecule has 9 nitrogen and oxygen atoms in total. The number of nitrogens with zero attached hydrogens (tertiary/aromatic N) is 1. The summed E-state index contributed by atoms with van der Waals surface area (Å²) in [4.78, 5) is 37.8. The van der Waals surface area contributed by atoms with Gasteiger partial charge in [-0.3, -0.25) is 18.6 Å². The number of phosphoric ester groups is 1. The summed E-state index contributed by atoms with van der Waals surface area (Å²) in [5, 5.41) is 3.06. The second kappa shape index (κ2) is 57.9. The van der Waals surface area contributed by atoms with Crippen LogP contribution in [0.2, 0.25) is 0 Å². The molecule has 0 aliphatic rings. The van der Waals surface area contributed by atoms with Crippen LogP contribution in [0.5, 0.6) is 0 Å². The molecule has 0 aliphatic carbocycles. The summed E-state index contributed by atoms with van der Waals surface area (Å²) < 4.78 is 30.7. The SMILES string of the molecule is CC/C=C/C=C/C=C/CCCCCCCCCC(=O)OC(/C=C\CCCCCCCCCCCC)C(COP(=O)(O)OCC[N+](C)(C)C)NC(=O)CCCCCCCCCCCCCCCCC/C=C/CCCCCCCC. The van der Waals surface area contributed by atoms with Gasteiger partial charge in [-0.25, -0.2) is 4.57 Å². The van der Waals surface area contributed by atoms with E-state index in [1.165, 1.54) is 199 Å². The maximum absolute atomic E-state index is 13.6. The van der Waals surface area contributed by atoms with Gasteiger partial charge in [0.25, 0.3) is 0 Å². The predicted octanol–water partition coefficient (Wildman–Crippen LogP) is 20.6. The Hall–Kier alpha value is -2.29. The number of carbonyl (C=O) groups excluding carboxylic acids is 2. The molecule has 0 aromatic heterocycles. The van der Waals surface area contributed by atoms with Gasteiger partial charge in [0, 0.05) is 12.8 Å². The highest BCUT2D eigenvalue weighted by Gasteiger charge is 2.30. The Morgan fingerprint density at radius 1 is 0.462 bits per heavy atom. The van der Waals surface area contributed by atoms with Gasteiger partial charge < -0.3 is 19.4 Å². The Morgan fingerprint density at radius 3 is 1.26 bits per heavy atom. The van der Waals surface area contributed by atoms with E-state index in [1.807, 2.05) is 33.3 Å². The van der Waals surface area contributed by atoms with Gasteiger partial charge in [0.15, 0.2) is 0 Å². The Balaban J connectivity index is 5.07. The fourth-order valence-electron chi connectivity index (χ4n) is 9.64. The minimum Gasteiger partial charge on any atom is -0.456 e.